The first-order valence-corrected chi connectivity index (χ1v) is 7.93. The van der Waals surface area contributed by atoms with Gasteiger partial charge in [-0.1, -0.05) is 6.92 Å². The van der Waals surface area contributed by atoms with E-state index in [0.717, 1.165) is 70.5 Å². The van der Waals surface area contributed by atoms with Crippen molar-refractivity contribution in [3.63, 3.8) is 0 Å². The average Bonchev–Trinajstić information content (AvgIpc) is 2.95. The Morgan fingerprint density at radius 1 is 1.33 bits per heavy atom. The number of aromatic nitrogens is 2. The van der Waals surface area contributed by atoms with Gasteiger partial charge in [0, 0.05) is 66.2 Å². The minimum atomic E-state index is 0.720. The second kappa shape index (κ2) is 8.36. The number of hydrogen-bond donors (Lipinski definition) is 1. The Hall–Kier alpha value is -1.11. The zero-order valence-electron chi connectivity index (χ0n) is 13.6. The molecule has 0 saturated carbocycles. The van der Waals surface area contributed by atoms with Gasteiger partial charge in [0.05, 0.1) is 12.3 Å². The van der Waals surface area contributed by atoms with Crippen LogP contribution in [0.25, 0.3) is 0 Å². The zero-order valence-corrected chi connectivity index (χ0v) is 13.6. The minimum Gasteiger partial charge on any atom is -0.383 e. The highest BCUT2D eigenvalue weighted by Gasteiger charge is 2.14. The molecular formula is C15H29N5O. The maximum atomic E-state index is 5.20. The molecule has 1 saturated heterocycles. The van der Waals surface area contributed by atoms with Crippen LogP contribution in [0.4, 0.5) is 5.95 Å². The second-order valence-corrected chi connectivity index (χ2v) is 5.59. The summed E-state index contributed by atoms with van der Waals surface area (Å²) in [5, 5.41) is 3.39. The molecule has 1 aromatic heterocycles. The summed E-state index contributed by atoms with van der Waals surface area (Å²) in [4.78, 5) is 9.52. The lowest BCUT2D eigenvalue weighted by Crippen LogP contribution is -2.46. The average molecular weight is 295 g/mol. The molecule has 0 aliphatic carbocycles. The van der Waals surface area contributed by atoms with Crippen molar-refractivity contribution >= 4 is 5.95 Å². The summed E-state index contributed by atoms with van der Waals surface area (Å²) >= 11 is 0. The van der Waals surface area contributed by atoms with Crippen molar-refractivity contribution in [1.29, 1.82) is 0 Å². The maximum Gasteiger partial charge on any atom is 0.205 e. The predicted molar refractivity (Wildman–Crippen MR) is 86.1 cm³/mol. The van der Waals surface area contributed by atoms with Crippen LogP contribution in [-0.4, -0.2) is 74.5 Å². The normalized spacial score (nSPS) is 16.3. The smallest absolute Gasteiger partial charge is 0.205 e. The van der Waals surface area contributed by atoms with Crippen LogP contribution in [0.5, 0.6) is 0 Å². The third kappa shape index (κ3) is 4.69. The fourth-order valence-corrected chi connectivity index (χ4v) is 2.61. The molecule has 0 bridgehead atoms. The van der Waals surface area contributed by atoms with Crippen LogP contribution < -0.4 is 10.2 Å². The molecule has 6 nitrogen and oxygen atoms in total. The van der Waals surface area contributed by atoms with Crippen molar-refractivity contribution in [3.05, 3.63) is 11.9 Å². The number of ether oxygens (including phenoxy) is 1. The van der Waals surface area contributed by atoms with Crippen LogP contribution in [0.2, 0.25) is 0 Å². The maximum absolute atomic E-state index is 5.20. The van der Waals surface area contributed by atoms with E-state index in [9.17, 15) is 0 Å². The molecule has 120 valence electrons. The third-order valence-electron chi connectivity index (χ3n) is 4.01. The van der Waals surface area contributed by atoms with Crippen molar-refractivity contribution in [2.24, 2.45) is 0 Å². The first kappa shape index (κ1) is 16.3. The number of anilines is 1. The summed E-state index contributed by atoms with van der Waals surface area (Å²) < 4.78 is 7.40. The van der Waals surface area contributed by atoms with Gasteiger partial charge in [-0.05, 0) is 6.42 Å². The molecule has 6 heteroatoms. The van der Waals surface area contributed by atoms with E-state index < -0.39 is 0 Å². The number of rotatable bonds is 8. The number of nitrogens with one attached hydrogen (secondary N) is 1. The Morgan fingerprint density at radius 3 is 2.76 bits per heavy atom. The molecule has 2 rings (SSSR count). The van der Waals surface area contributed by atoms with Crippen molar-refractivity contribution in [3.8, 4) is 0 Å². The third-order valence-corrected chi connectivity index (χ3v) is 4.01. The molecule has 0 atom stereocenters. The van der Waals surface area contributed by atoms with Crippen molar-refractivity contribution < 1.29 is 4.74 Å². The number of imidazole rings is 1. The Balaban J connectivity index is 1.92. The minimum absolute atomic E-state index is 0.720. The van der Waals surface area contributed by atoms with Crippen LogP contribution >= 0.6 is 0 Å². The van der Waals surface area contributed by atoms with Crippen LogP contribution in [0.1, 0.15) is 12.6 Å². The van der Waals surface area contributed by atoms with Crippen LogP contribution in [-0.2, 0) is 17.7 Å². The summed E-state index contributed by atoms with van der Waals surface area (Å²) in [5.74, 6) is 1.05. The fourth-order valence-electron chi connectivity index (χ4n) is 2.61. The lowest BCUT2D eigenvalue weighted by atomic mass is 10.3. The molecule has 1 aromatic rings. The summed E-state index contributed by atoms with van der Waals surface area (Å²) in [6.07, 6.45) is 3.12. The van der Waals surface area contributed by atoms with Gasteiger partial charge in [-0.25, -0.2) is 4.98 Å². The number of nitrogens with zero attached hydrogens (tertiary/aromatic N) is 4. The zero-order chi connectivity index (χ0) is 15.1. The van der Waals surface area contributed by atoms with E-state index in [2.05, 4.69) is 39.9 Å². The van der Waals surface area contributed by atoms with Gasteiger partial charge in [-0.3, -0.25) is 4.90 Å². The number of piperazine rings is 1. The molecule has 0 radical (unpaired) electrons. The Labute approximate surface area is 128 Å². The van der Waals surface area contributed by atoms with E-state index >= 15 is 0 Å². The first-order chi connectivity index (χ1) is 10.2. The van der Waals surface area contributed by atoms with Gasteiger partial charge in [0.2, 0.25) is 5.95 Å². The fraction of sp³-hybridized carbons (Fsp3) is 0.800. The molecule has 0 unspecified atom stereocenters. The van der Waals surface area contributed by atoms with Crippen molar-refractivity contribution in [2.45, 2.75) is 19.9 Å². The molecule has 0 aromatic carbocycles. The SMILES string of the molecule is CCc1cn(CCOC)c(N(C)CCN2CCNCC2)n1. The van der Waals surface area contributed by atoms with E-state index in [4.69, 9.17) is 9.72 Å². The molecule has 0 spiro atoms. The van der Waals surface area contributed by atoms with E-state index in [1.54, 1.807) is 7.11 Å². The summed E-state index contributed by atoms with van der Waals surface area (Å²) in [5.41, 5.74) is 1.15. The number of aryl methyl sites for hydroxylation is 1. The van der Waals surface area contributed by atoms with Crippen molar-refractivity contribution in [1.82, 2.24) is 19.8 Å². The molecule has 1 N–H and O–H groups in total. The van der Waals surface area contributed by atoms with Gasteiger partial charge < -0.3 is 19.5 Å². The van der Waals surface area contributed by atoms with Gasteiger partial charge in [-0.15, -0.1) is 0 Å². The van der Waals surface area contributed by atoms with Gasteiger partial charge in [0.1, 0.15) is 0 Å². The highest BCUT2D eigenvalue weighted by molar-refractivity contribution is 5.32. The number of hydrogen-bond acceptors (Lipinski definition) is 5. The van der Waals surface area contributed by atoms with Crippen LogP contribution in [0.3, 0.4) is 0 Å². The Kier molecular flexibility index (Phi) is 6.48. The second-order valence-electron chi connectivity index (χ2n) is 5.59. The number of likely N-dealkylation sites (N-methyl/N-ethyl adjacent to an activating group) is 1. The van der Waals surface area contributed by atoms with Crippen LogP contribution in [0, 0.1) is 0 Å². The first-order valence-electron chi connectivity index (χ1n) is 7.93. The van der Waals surface area contributed by atoms with E-state index in [1.807, 2.05) is 0 Å². The van der Waals surface area contributed by atoms with Crippen LogP contribution in [0.15, 0.2) is 6.20 Å². The summed E-state index contributed by atoms with van der Waals surface area (Å²) in [6.45, 7) is 10.3. The molecule has 21 heavy (non-hydrogen) atoms. The lowest BCUT2D eigenvalue weighted by Gasteiger charge is -2.29. The topological polar surface area (TPSA) is 45.6 Å². The van der Waals surface area contributed by atoms with E-state index in [-0.39, 0.29) is 0 Å². The molecule has 1 aliphatic heterocycles. The monoisotopic (exact) mass is 295 g/mol. The Morgan fingerprint density at radius 2 is 2.10 bits per heavy atom. The molecular weight excluding hydrogens is 266 g/mol. The lowest BCUT2D eigenvalue weighted by molar-refractivity contribution is 0.187. The van der Waals surface area contributed by atoms with E-state index in [1.165, 1.54) is 0 Å². The number of methoxy groups -OCH3 is 1. The van der Waals surface area contributed by atoms with Gasteiger partial charge in [-0.2, -0.15) is 0 Å². The van der Waals surface area contributed by atoms with Gasteiger partial charge in [0.25, 0.3) is 0 Å². The van der Waals surface area contributed by atoms with Gasteiger partial charge >= 0.3 is 0 Å². The standard InChI is InChI=1S/C15H29N5O/c1-4-14-13-20(11-12-21-3)15(17-14)18(2)9-10-19-7-5-16-6-8-19/h13,16H,4-12H2,1-3H3. The largest absolute Gasteiger partial charge is 0.383 e. The van der Waals surface area contributed by atoms with Gasteiger partial charge in [0.15, 0.2) is 0 Å². The van der Waals surface area contributed by atoms with E-state index in [0.29, 0.717) is 0 Å². The summed E-state index contributed by atoms with van der Waals surface area (Å²) in [7, 11) is 3.87. The molecule has 1 fully saturated rings. The molecule has 0 amide bonds. The quantitative estimate of drug-likeness (QED) is 0.754. The highest BCUT2D eigenvalue weighted by Crippen LogP contribution is 2.14. The predicted octanol–water partition coefficient (Wildman–Crippen LogP) is 0.433. The molecule has 1 aliphatic rings. The summed E-state index contributed by atoms with van der Waals surface area (Å²) in [6, 6.07) is 0. The highest BCUT2D eigenvalue weighted by atomic mass is 16.5. The van der Waals surface area contributed by atoms with Crippen molar-refractivity contribution in [2.75, 3.05) is 64.9 Å². The molecule has 2 heterocycles. The Bertz CT molecular complexity index is 414.